The summed E-state index contributed by atoms with van der Waals surface area (Å²) in [6.45, 7) is 2.00. The highest BCUT2D eigenvalue weighted by molar-refractivity contribution is 7.09. The summed E-state index contributed by atoms with van der Waals surface area (Å²) in [4.78, 5) is 1.39. The van der Waals surface area contributed by atoms with E-state index in [9.17, 15) is 5.11 Å². The van der Waals surface area contributed by atoms with E-state index >= 15 is 0 Å². The first-order valence-electron chi connectivity index (χ1n) is 5.90. The Morgan fingerprint density at radius 3 is 2.87 bits per heavy atom. The fourth-order valence-corrected chi connectivity index (χ4v) is 2.98. The normalized spacial score (nSPS) is 20.9. The molecule has 2 rings (SSSR count). The Balaban J connectivity index is 1.76. The molecule has 0 bridgehead atoms. The van der Waals surface area contributed by atoms with Crippen molar-refractivity contribution in [2.24, 2.45) is 5.92 Å². The number of hydrogen-bond donors (Lipinski definition) is 1. The molecule has 1 aromatic rings. The predicted molar refractivity (Wildman–Crippen MR) is 65.2 cm³/mol. The van der Waals surface area contributed by atoms with Gasteiger partial charge in [-0.15, -0.1) is 11.3 Å². The Bertz CT molecular complexity index is 285. The number of aliphatic hydroxyl groups is 1. The van der Waals surface area contributed by atoms with Crippen molar-refractivity contribution in [3.8, 4) is 0 Å². The third kappa shape index (κ3) is 3.32. The fourth-order valence-electron chi connectivity index (χ4n) is 2.27. The molecule has 84 valence electrons. The minimum Gasteiger partial charge on any atom is -0.390 e. The smallest absolute Gasteiger partial charge is 0.0625 e. The summed E-state index contributed by atoms with van der Waals surface area (Å²) in [7, 11) is 0. The molecule has 1 nitrogen and oxygen atoms in total. The fraction of sp³-hybridized carbons (Fsp3) is 0.692. The lowest BCUT2D eigenvalue weighted by Gasteiger charge is -2.33. The average molecular weight is 224 g/mol. The maximum Gasteiger partial charge on any atom is 0.0625 e. The van der Waals surface area contributed by atoms with Crippen LogP contribution in [0.25, 0.3) is 0 Å². The van der Waals surface area contributed by atoms with Crippen molar-refractivity contribution in [3.05, 3.63) is 22.4 Å². The van der Waals surface area contributed by atoms with Crippen molar-refractivity contribution >= 4 is 11.3 Å². The van der Waals surface area contributed by atoms with Gasteiger partial charge in [0, 0.05) is 4.88 Å². The highest BCUT2D eigenvalue weighted by Gasteiger charge is 2.28. The van der Waals surface area contributed by atoms with E-state index in [1.807, 2.05) is 6.92 Å². The van der Waals surface area contributed by atoms with Crippen molar-refractivity contribution in [3.63, 3.8) is 0 Å². The molecule has 0 aliphatic heterocycles. The van der Waals surface area contributed by atoms with Gasteiger partial charge in [0.25, 0.3) is 0 Å². The van der Waals surface area contributed by atoms with Gasteiger partial charge in [-0.25, -0.2) is 0 Å². The van der Waals surface area contributed by atoms with Gasteiger partial charge in [0.2, 0.25) is 0 Å². The quantitative estimate of drug-likeness (QED) is 0.810. The molecule has 15 heavy (non-hydrogen) atoms. The zero-order chi connectivity index (χ0) is 10.7. The van der Waals surface area contributed by atoms with E-state index in [1.54, 1.807) is 11.3 Å². The third-order valence-electron chi connectivity index (χ3n) is 3.44. The van der Waals surface area contributed by atoms with E-state index in [0.717, 1.165) is 25.2 Å². The van der Waals surface area contributed by atoms with Crippen LogP contribution >= 0.6 is 11.3 Å². The molecular formula is C13H20OS. The van der Waals surface area contributed by atoms with Crippen LogP contribution in [0.5, 0.6) is 0 Å². The van der Waals surface area contributed by atoms with E-state index in [-0.39, 0.29) is 0 Å². The van der Waals surface area contributed by atoms with Gasteiger partial charge >= 0.3 is 0 Å². The number of rotatable bonds is 5. The van der Waals surface area contributed by atoms with Crippen LogP contribution in [0.4, 0.5) is 0 Å². The summed E-state index contributed by atoms with van der Waals surface area (Å²) < 4.78 is 0. The van der Waals surface area contributed by atoms with Crippen LogP contribution in [0.15, 0.2) is 17.5 Å². The lowest BCUT2D eigenvalue weighted by Crippen LogP contribution is -2.30. The zero-order valence-corrected chi connectivity index (χ0v) is 10.2. The van der Waals surface area contributed by atoms with Gasteiger partial charge in [-0.3, -0.25) is 0 Å². The lowest BCUT2D eigenvalue weighted by molar-refractivity contribution is 0.0129. The van der Waals surface area contributed by atoms with Crippen LogP contribution in [0, 0.1) is 5.92 Å². The van der Waals surface area contributed by atoms with Crippen molar-refractivity contribution in [1.29, 1.82) is 0 Å². The third-order valence-corrected chi connectivity index (χ3v) is 4.38. The van der Waals surface area contributed by atoms with Crippen molar-refractivity contribution in [1.82, 2.24) is 0 Å². The largest absolute Gasteiger partial charge is 0.390 e. The van der Waals surface area contributed by atoms with Gasteiger partial charge in [0.05, 0.1) is 5.60 Å². The molecule has 1 aromatic heterocycles. The van der Waals surface area contributed by atoms with E-state index in [0.29, 0.717) is 0 Å². The summed E-state index contributed by atoms with van der Waals surface area (Å²) in [6.07, 6.45) is 6.95. The first kappa shape index (κ1) is 11.2. The molecule has 0 saturated heterocycles. The molecule has 1 saturated carbocycles. The number of hydrogen-bond acceptors (Lipinski definition) is 2. The number of aryl methyl sites for hydroxylation is 1. The molecule has 2 heteroatoms. The van der Waals surface area contributed by atoms with Crippen molar-refractivity contribution in [2.75, 3.05) is 0 Å². The van der Waals surface area contributed by atoms with Crippen LogP contribution in [0.2, 0.25) is 0 Å². The Morgan fingerprint density at radius 1 is 1.53 bits per heavy atom. The molecule has 1 fully saturated rings. The molecule has 1 aliphatic carbocycles. The van der Waals surface area contributed by atoms with Crippen molar-refractivity contribution in [2.45, 2.75) is 51.0 Å². The van der Waals surface area contributed by atoms with E-state index in [2.05, 4.69) is 17.5 Å². The summed E-state index contributed by atoms with van der Waals surface area (Å²) in [6, 6.07) is 4.24. The highest BCUT2D eigenvalue weighted by Crippen LogP contribution is 2.35. The molecule has 1 heterocycles. The maximum atomic E-state index is 10.3. The zero-order valence-electron chi connectivity index (χ0n) is 9.41. The molecule has 1 unspecified atom stereocenters. The van der Waals surface area contributed by atoms with Crippen LogP contribution in [0.3, 0.4) is 0 Å². The van der Waals surface area contributed by atoms with Gasteiger partial charge in [0.1, 0.15) is 0 Å². The molecule has 0 radical (unpaired) electrons. The molecule has 1 N–H and O–H groups in total. The molecule has 0 amide bonds. The summed E-state index contributed by atoms with van der Waals surface area (Å²) in [5, 5.41) is 12.4. The average Bonchev–Trinajstić information content (AvgIpc) is 2.61. The van der Waals surface area contributed by atoms with Gasteiger partial charge in [-0.1, -0.05) is 25.3 Å². The minimum atomic E-state index is -0.449. The van der Waals surface area contributed by atoms with E-state index in [1.165, 1.54) is 24.1 Å². The van der Waals surface area contributed by atoms with Crippen molar-refractivity contribution < 1.29 is 5.11 Å². The topological polar surface area (TPSA) is 20.2 Å². The molecule has 1 atom stereocenters. The SMILES string of the molecule is CC(O)(CCc1cccs1)CC1CCC1. The van der Waals surface area contributed by atoms with E-state index < -0.39 is 5.60 Å². The Hall–Kier alpha value is -0.340. The molecular weight excluding hydrogens is 204 g/mol. The Morgan fingerprint density at radius 2 is 2.33 bits per heavy atom. The molecule has 1 aliphatic rings. The van der Waals surface area contributed by atoms with Crippen LogP contribution in [-0.4, -0.2) is 10.7 Å². The van der Waals surface area contributed by atoms with Gasteiger partial charge in [-0.05, 0) is 43.6 Å². The highest BCUT2D eigenvalue weighted by atomic mass is 32.1. The minimum absolute atomic E-state index is 0.449. The summed E-state index contributed by atoms with van der Waals surface area (Å²) >= 11 is 1.79. The summed E-state index contributed by atoms with van der Waals surface area (Å²) in [5.41, 5.74) is -0.449. The van der Waals surface area contributed by atoms with Gasteiger partial charge in [0.15, 0.2) is 0 Å². The second-order valence-electron chi connectivity index (χ2n) is 5.08. The van der Waals surface area contributed by atoms with Gasteiger partial charge in [-0.2, -0.15) is 0 Å². The second kappa shape index (κ2) is 4.67. The predicted octanol–water partition coefficient (Wildman–Crippen LogP) is 3.62. The van der Waals surface area contributed by atoms with Crippen LogP contribution in [0.1, 0.15) is 43.9 Å². The second-order valence-corrected chi connectivity index (χ2v) is 6.11. The standard InChI is InChI=1S/C13H20OS/c1-13(14,10-11-4-2-5-11)8-7-12-6-3-9-15-12/h3,6,9,11,14H,2,4-5,7-8,10H2,1H3. The molecule has 0 spiro atoms. The summed E-state index contributed by atoms with van der Waals surface area (Å²) in [5.74, 6) is 0.795. The number of thiophene rings is 1. The first-order valence-corrected chi connectivity index (χ1v) is 6.78. The lowest BCUT2D eigenvalue weighted by atomic mass is 9.76. The maximum absolute atomic E-state index is 10.3. The molecule has 0 aromatic carbocycles. The van der Waals surface area contributed by atoms with Crippen LogP contribution in [-0.2, 0) is 6.42 Å². The Kier molecular flexibility index (Phi) is 3.47. The van der Waals surface area contributed by atoms with Gasteiger partial charge < -0.3 is 5.11 Å². The Labute approximate surface area is 96.1 Å². The monoisotopic (exact) mass is 224 g/mol. The first-order chi connectivity index (χ1) is 7.16. The van der Waals surface area contributed by atoms with E-state index in [4.69, 9.17) is 0 Å². The van der Waals surface area contributed by atoms with Crippen LogP contribution < -0.4 is 0 Å².